The number of nitrogens with one attached hydrogen (secondary N) is 1. The Bertz CT molecular complexity index is 1310. The maximum Gasteiger partial charge on any atom is 0.269 e. The number of carbonyl (C=O) groups excluding carboxylic acids is 1. The van der Waals surface area contributed by atoms with Gasteiger partial charge < -0.3 is 5.32 Å². The SMILES string of the molecule is O=C1CS[C@H](c2cccc([N+](=O)[O-])c2)c2c(-c3ccccc3)nn(-c3ccccc3)c2N1. The van der Waals surface area contributed by atoms with E-state index in [4.69, 9.17) is 5.10 Å². The lowest BCUT2D eigenvalue weighted by atomic mass is 9.99. The molecule has 5 rings (SSSR count). The fourth-order valence-corrected chi connectivity index (χ4v) is 4.96. The van der Waals surface area contributed by atoms with Gasteiger partial charge in [0.2, 0.25) is 5.91 Å². The van der Waals surface area contributed by atoms with E-state index in [0.717, 1.165) is 28.1 Å². The Kier molecular flexibility index (Phi) is 5.20. The van der Waals surface area contributed by atoms with Gasteiger partial charge in [0.05, 0.1) is 27.3 Å². The third-order valence-electron chi connectivity index (χ3n) is 5.25. The summed E-state index contributed by atoms with van der Waals surface area (Å²) in [5.41, 5.74) is 4.06. The molecule has 158 valence electrons. The van der Waals surface area contributed by atoms with E-state index in [1.165, 1.54) is 17.8 Å². The van der Waals surface area contributed by atoms with Gasteiger partial charge in [0.1, 0.15) is 5.82 Å². The molecule has 8 heteroatoms. The van der Waals surface area contributed by atoms with E-state index in [1.54, 1.807) is 16.8 Å². The molecule has 32 heavy (non-hydrogen) atoms. The summed E-state index contributed by atoms with van der Waals surface area (Å²) in [7, 11) is 0. The van der Waals surface area contributed by atoms with Gasteiger partial charge in [0, 0.05) is 23.3 Å². The summed E-state index contributed by atoms with van der Waals surface area (Å²) in [4.78, 5) is 23.6. The van der Waals surface area contributed by atoms with Crippen LogP contribution >= 0.6 is 11.8 Å². The van der Waals surface area contributed by atoms with Crippen molar-refractivity contribution in [3.05, 3.63) is 106 Å². The highest BCUT2D eigenvalue weighted by atomic mass is 32.2. The number of rotatable bonds is 4. The number of aromatic nitrogens is 2. The molecule has 0 bridgehead atoms. The first-order chi connectivity index (χ1) is 15.6. The third-order valence-corrected chi connectivity index (χ3v) is 6.52. The highest BCUT2D eigenvalue weighted by Gasteiger charge is 2.33. The van der Waals surface area contributed by atoms with Crippen LogP contribution in [0.25, 0.3) is 16.9 Å². The standard InChI is InChI=1S/C24H18N4O3S/c29-20-15-32-23(17-10-7-13-19(14-17)28(30)31)21-22(16-8-3-1-4-9-16)26-27(24(21)25-20)18-11-5-2-6-12-18/h1-14,23H,15H2,(H,25,29)/t23-/m1/s1. The summed E-state index contributed by atoms with van der Waals surface area (Å²) in [6.45, 7) is 0. The molecular weight excluding hydrogens is 424 g/mol. The highest BCUT2D eigenvalue weighted by Crippen LogP contribution is 2.47. The van der Waals surface area contributed by atoms with Gasteiger partial charge in [-0.25, -0.2) is 4.68 Å². The monoisotopic (exact) mass is 442 g/mol. The van der Waals surface area contributed by atoms with Crippen LogP contribution in [0.4, 0.5) is 11.5 Å². The van der Waals surface area contributed by atoms with Gasteiger partial charge in [-0.1, -0.05) is 60.7 Å². The van der Waals surface area contributed by atoms with Crippen LogP contribution in [0.2, 0.25) is 0 Å². The number of hydrogen-bond acceptors (Lipinski definition) is 5. The number of nitro benzene ring substituents is 1. The van der Waals surface area contributed by atoms with Crippen LogP contribution in [0.15, 0.2) is 84.9 Å². The molecule has 0 aliphatic carbocycles. The van der Waals surface area contributed by atoms with Gasteiger partial charge in [-0.2, -0.15) is 5.10 Å². The van der Waals surface area contributed by atoms with Gasteiger partial charge in [-0.05, 0) is 17.7 Å². The molecule has 0 fully saturated rings. The fourth-order valence-electron chi connectivity index (χ4n) is 3.84. The molecule has 3 aromatic carbocycles. The smallest absolute Gasteiger partial charge is 0.269 e. The Labute approximate surface area is 188 Å². The van der Waals surface area contributed by atoms with E-state index in [-0.39, 0.29) is 22.6 Å². The molecular formula is C24H18N4O3S. The number of carbonyl (C=O) groups is 1. The molecule has 0 radical (unpaired) electrons. The molecule has 0 spiro atoms. The van der Waals surface area contributed by atoms with Crippen molar-refractivity contribution in [2.45, 2.75) is 5.25 Å². The second-order valence-electron chi connectivity index (χ2n) is 7.32. The van der Waals surface area contributed by atoms with E-state index >= 15 is 0 Å². The summed E-state index contributed by atoms with van der Waals surface area (Å²) >= 11 is 1.44. The number of nitrogens with zero attached hydrogens (tertiary/aromatic N) is 3. The van der Waals surface area contributed by atoms with Crippen LogP contribution in [0.3, 0.4) is 0 Å². The zero-order valence-electron chi connectivity index (χ0n) is 16.8. The van der Waals surface area contributed by atoms with Crippen molar-refractivity contribution in [1.29, 1.82) is 0 Å². The molecule has 0 unspecified atom stereocenters. The van der Waals surface area contributed by atoms with Crippen molar-refractivity contribution in [3.8, 4) is 16.9 Å². The minimum absolute atomic E-state index is 0.0184. The third kappa shape index (κ3) is 3.65. The van der Waals surface area contributed by atoms with Crippen molar-refractivity contribution in [2.75, 3.05) is 11.1 Å². The fraction of sp³-hybridized carbons (Fsp3) is 0.0833. The Morgan fingerprint density at radius 2 is 1.72 bits per heavy atom. The van der Waals surface area contributed by atoms with Crippen LogP contribution in [0, 0.1) is 10.1 Å². The molecule has 1 aliphatic heterocycles. The number of para-hydroxylation sites is 1. The lowest BCUT2D eigenvalue weighted by Crippen LogP contribution is -2.15. The maximum absolute atomic E-state index is 12.6. The molecule has 0 saturated heterocycles. The van der Waals surface area contributed by atoms with E-state index < -0.39 is 4.92 Å². The zero-order chi connectivity index (χ0) is 22.1. The molecule has 1 aliphatic rings. The van der Waals surface area contributed by atoms with Gasteiger partial charge in [-0.15, -0.1) is 11.8 Å². The van der Waals surface area contributed by atoms with Crippen molar-refractivity contribution in [3.63, 3.8) is 0 Å². The predicted molar refractivity (Wildman–Crippen MR) is 125 cm³/mol. The van der Waals surface area contributed by atoms with Crippen LogP contribution in [0.1, 0.15) is 16.4 Å². The number of non-ortho nitro benzene ring substituents is 1. The van der Waals surface area contributed by atoms with Gasteiger partial charge in [-0.3, -0.25) is 14.9 Å². The number of amides is 1. The predicted octanol–water partition coefficient (Wildman–Crippen LogP) is 5.22. The number of anilines is 1. The number of hydrogen-bond donors (Lipinski definition) is 1. The van der Waals surface area contributed by atoms with Crippen molar-refractivity contribution in [2.24, 2.45) is 0 Å². The quantitative estimate of drug-likeness (QED) is 0.346. The Morgan fingerprint density at radius 1 is 1.00 bits per heavy atom. The normalized spacial score (nSPS) is 15.5. The second-order valence-corrected chi connectivity index (χ2v) is 8.41. The zero-order valence-corrected chi connectivity index (χ0v) is 17.7. The van der Waals surface area contributed by atoms with E-state index in [9.17, 15) is 14.9 Å². The summed E-state index contributed by atoms with van der Waals surface area (Å²) in [6.07, 6.45) is 0. The Morgan fingerprint density at radius 3 is 2.44 bits per heavy atom. The highest BCUT2D eigenvalue weighted by molar-refractivity contribution is 8.00. The topological polar surface area (TPSA) is 90.1 Å². The minimum atomic E-state index is -0.402. The van der Waals surface area contributed by atoms with E-state index in [2.05, 4.69) is 5.32 Å². The summed E-state index contributed by atoms with van der Waals surface area (Å²) in [5.74, 6) is 0.674. The summed E-state index contributed by atoms with van der Waals surface area (Å²) in [6, 6.07) is 25.9. The van der Waals surface area contributed by atoms with Gasteiger partial charge in [0.25, 0.3) is 5.69 Å². The molecule has 0 saturated carbocycles. The minimum Gasteiger partial charge on any atom is -0.310 e. The molecule has 4 aromatic rings. The summed E-state index contributed by atoms with van der Waals surface area (Å²) in [5, 5.41) is 19.0. The number of thioether (sulfide) groups is 1. The molecule has 1 amide bonds. The van der Waals surface area contributed by atoms with E-state index in [0.29, 0.717) is 5.82 Å². The average Bonchev–Trinajstić information content (AvgIpc) is 3.10. The first-order valence-electron chi connectivity index (χ1n) is 10.0. The molecule has 1 N–H and O–H groups in total. The lowest BCUT2D eigenvalue weighted by Gasteiger charge is -2.16. The van der Waals surface area contributed by atoms with Crippen LogP contribution in [-0.2, 0) is 4.79 Å². The first-order valence-corrected chi connectivity index (χ1v) is 11.1. The first kappa shape index (κ1) is 20.0. The molecule has 1 atom stereocenters. The Balaban J connectivity index is 1.78. The molecule has 1 aromatic heterocycles. The second kappa shape index (κ2) is 8.32. The number of nitro groups is 1. The molecule has 7 nitrogen and oxygen atoms in total. The van der Waals surface area contributed by atoms with Crippen LogP contribution in [-0.4, -0.2) is 26.4 Å². The largest absolute Gasteiger partial charge is 0.310 e. The van der Waals surface area contributed by atoms with Gasteiger partial charge >= 0.3 is 0 Å². The average molecular weight is 443 g/mol. The molecule has 2 heterocycles. The summed E-state index contributed by atoms with van der Waals surface area (Å²) < 4.78 is 1.74. The van der Waals surface area contributed by atoms with Crippen molar-refractivity contribution >= 4 is 29.2 Å². The van der Waals surface area contributed by atoms with Crippen LogP contribution in [0.5, 0.6) is 0 Å². The maximum atomic E-state index is 12.6. The van der Waals surface area contributed by atoms with Crippen LogP contribution < -0.4 is 5.32 Å². The van der Waals surface area contributed by atoms with Gasteiger partial charge in [0.15, 0.2) is 0 Å². The van der Waals surface area contributed by atoms with E-state index in [1.807, 2.05) is 66.7 Å². The van der Waals surface area contributed by atoms with Crippen molar-refractivity contribution in [1.82, 2.24) is 9.78 Å². The lowest BCUT2D eigenvalue weighted by molar-refractivity contribution is -0.384. The number of fused-ring (bicyclic) bond motifs is 1. The number of benzene rings is 3. The Hall–Kier alpha value is -3.91. The van der Waals surface area contributed by atoms with Crippen molar-refractivity contribution < 1.29 is 9.72 Å².